The molecule has 0 heterocycles. The topological polar surface area (TPSA) is 0 Å². The van der Waals surface area contributed by atoms with Crippen molar-refractivity contribution in [3.63, 3.8) is 0 Å². The van der Waals surface area contributed by atoms with Gasteiger partial charge in [0, 0.05) is 6.07 Å². The van der Waals surface area contributed by atoms with Gasteiger partial charge in [-0.15, -0.1) is 0 Å². The van der Waals surface area contributed by atoms with Gasteiger partial charge in [0.25, 0.3) is 0 Å². The molecule has 1 fully saturated rings. The first-order valence-electron chi connectivity index (χ1n) is 3.88. The molecule has 1 aliphatic rings. The van der Waals surface area contributed by atoms with Crippen molar-refractivity contribution in [3.8, 4) is 0 Å². The van der Waals surface area contributed by atoms with Gasteiger partial charge < -0.3 is 0 Å². The molecule has 0 aromatic heterocycles. The van der Waals surface area contributed by atoms with Crippen LogP contribution in [0.5, 0.6) is 0 Å². The number of benzene rings is 1. The molecule has 1 saturated carbocycles. The summed E-state index contributed by atoms with van der Waals surface area (Å²) in [6.45, 7) is 2.17. The Kier molecular flexibility index (Phi) is 1.28. The fraction of sp³-hybridized carbons (Fsp3) is 0.400. The van der Waals surface area contributed by atoms with Crippen LogP contribution in [0.4, 0.5) is 4.39 Å². The van der Waals surface area contributed by atoms with Gasteiger partial charge >= 0.3 is 0 Å². The minimum absolute atomic E-state index is 0.240. The van der Waals surface area contributed by atoms with Crippen molar-refractivity contribution < 1.29 is 4.39 Å². The number of halogens is 1. The summed E-state index contributed by atoms with van der Waals surface area (Å²) in [5.74, 6) is -0.240. The first-order chi connectivity index (χ1) is 5.21. The Bertz CT molecular complexity index is 274. The van der Waals surface area contributed by atoms with Gasteiger partial charge in [0.05, 0.1) is 0 Å². The minimum Gasteiger partial charge on any atom is -0.206 e. The Morgan fingerprint density at radius 2 is 2.27 bits per heavy atom. The highest BCUT2D eigenvalue weighted by molar-refractivity contribution is 5.29. The highest BCUT2D eigenvalue weighted by atomic mass is 19.1. The molecule has 1 aromatic carbocycles. The molecule has 1 radical (unpaired) electrons. The lowest BCUT2D eigenvalue weighted by atomic mass is 9.99. The Balaban J connectivity index is 2.38. The van der Waals surface area contributed by atoms with Gasteiger partial charge in [-0.3, -0.25) is 0 Å². The molecular weight excluding hydrogens is 139 g/mol. The van der Waals surface area contributed by atoms with E-state index >= 15 is 0 Å². The van der Waals surface area contributed by atoms with Gasteiger partial charge in [0.2, 0.25) is 0 Å². The normalized spacial score (nSPS) is 19.8. The summed E-state index contributed by atoms with van der Waals surface area (Å²) in [7, 11) is 0. The fourth-order valence-electron chi connectivity index (χ4n) is 1.29. The van der Waals surface area contributed by atoms with Crippen LogP contribution in [0.15, 0.2) is 18.2 Å². The summed E-state index contributed by atoms with van der Waals surface area (Å²) in [5, 5.41) is 0. The lowest BCUT2D eigenvalue weighted by Crippen LogP contribution is -1.99. The van der Waals surface area contributed by atoms with E-state index in [1.54, 1.807) is 12.1 Å². The third-order valence-electron chi connectivity index (χ3n) is 2.46. The molecule has 2 rings (SSSR count). The highest BCUT2D eigenvalue weighted by Crippen LogP contribution is 2.47. The first kappa shape index (κ1) is 6.84. The summed E-state index contributed by atoms with van der Waals surface area (Å²) in [6, 6.07) is 7.71. The van der Waals surface area contributed by atoms with Crippen molar-refractivity contribution in [3.05, 3.63) is 35.6 Å². The van der Waals surface area contributed by atoms with E-state index in [4.69, 9.17) is 0 Å². The second kappa shape index (κ2) is 2.07. The van der Waals surface area contributed by atoms with Crippen LogP contribution in [0.3, 0.4) is 0 Å². The summed E-state index contributed by atoms with van der Waals surface area (Å²) in [5.41, 5.74) is 1.39. The van der Waals surface area contributed by atoms with Crippen LogP contribution < -0.4 is 0 Å². The summed E-state index contributed by atoms with van der Waals surface area (Å²) < 4.78 is 12.7. The zero-order valence-electron chi connectivity index (χ0n) is 6.52. The van der Waals surface area contributed by atoms with Gasteiger partial charge in [-0.1, -0.05) is 19.1 Å². The van der Waals surface area contributed by atoms with Crippen LogP contribution in [0, 0.1) is 11.9 Å². The predicted molar refractivity (Wildman–Crippen MR) is 41.8 cm³/mol. The second-order valence-corrected chi connectivity index (χ2v) is 3.49. The smallest absolute Gasteiger partial charge is 0.131 e. The van der Waals surface area contributed by atoms with Crippen molar-refractivity contribution in [1.29, 1.82) is 0 Å². The molecule has 0 nitrogen and oxygen atoms in total. The number of hydrogen-bond donors (Lipinski definition) is 0. The Morgan fingerprint density at radius 3 is 2.82 bits per heavy atom. The van der Waals surface area contributed by atoms with Crippen molar-refractivity contribution in [2.75, 3.05) is 0 Å². The quantitative estimate of drug-likeness (QED) is 0.576. The minimum atomic E-state index is -0.240. The maximum atomic E-state index is 12.7. The maximum Gasteiger partial charge on any atom is 0.131 e. The van der Waals surface area contributed by atoms with Crippen LogP contribution >= 0.6 is 0 Å². The van der Waals surface area contributed by atoms with Gasteiger partial charge in [-0.2, -0.15) is 0 Å². The standard InChI is InChI=1S/C10H10F/c1-10(5-6-10)8-3-2-4-9(11)7-8/h2-3,7H,5-6H2,1H3. The molecule has 1 aliphatic carbocycles. The summed E-state index contributed by atoms with van der Waals surface area (Å²) >= 11 is 0. The summed E-state index contributed by atoms with van der Waals surface area (Å²) in [4.78, 5) is 0. The van der Waals surface area contributed by atoms with Gasteiger partial charge in [0.1, 0.15) is 5.82 Å². The average molecular weight is 149 g/mol. The number of hydrogen-bond acceptors (Lipinski definition) is 0. The second-order valence-electron chi connectivity index (χ2n) is 3.49. The molecular formula is C10H10F. The Hall–Kier alpha value is -0.850. The molecule has 0 N–H and O–H groups in total. The molecule has 0 spiro atoms. The average Bonchev–Trinajstić information content (AvgIpc) is 2.70. The van der Waals surface area contributed by atoms with Crippen molar-refractivity contribution >= 4 is 0 Å². The molecule has 0 aliphatic heterocycles. The monoisotopic (exact) mass is 149 g/mol. The molecule has 57 valence electrons. The van der Waals surface area contributed by atoms with E-state index < -0.39 is 0 Å². The summed E-state index contributed by atoms with van der Waals surface area (Å²) in [6.07, 6.45) is 2.38. The zero-order valence-corrected chi connectivity index (χ0v) is 6.52. The molecule has 0 bridgehead atoms. The zero-order chi connectivity index (χ0) is 7.90. The molecule has 11 heavy (non-hydrogen) atoms. The predicted octanol–water partition coefficient (Wildman–Crippen LogP) is 2.68. The first-order valence-corrected chi connectivity index (χ1v) is 3.88. The molecule has 1 aromatic rings. The van der Waals surface area contributed by atoms with Gasteiger partial charge in [0.15, 0.2) is 0 Å². The molecule has 1 heteroatoms. The molecule has 0 saturated heterocycles. The van der Waals surface area contributed by atoms with Crippen LogP contribution in [0.2, 0.25) is 0 Å². The van der Waals surface area contributed by atoms with Crippen LogP contribution in [0.25, 0.3) is 0 Å². The van der Waals surface area contributed by atoms with Crippen molar-refractivity contribution in [2.24, 2.45) is 0 Å². The van der Waals surface area contributed by atoms with Crippen LogP contribution in [0.1, 0.15) is 25.3 Å². The van der Waals surface area contributed by atoms with E-state index in [0.717, 1.165) is 5.56 Å². The van der Waals surface area contributed by atoms with Crippen LogP contribution in [-0.4, -0.2) is 0 Å². The Morgan fingerprint density at radius 1 is 1.55 bits per heavy atom. The third-order valence-corrected chi connectivity index (χ3v) is 2.46. The fourth-order valence-corrected chi connectivity index (χ4v) is 1.29. The van der Waals surface area contributed by atoms with Gasteiger partial charge in [-0.25, -0.2) is 4.39 Å². The van der Waals surface area contributed by atoms with E-state index in [2.05, 4.69) is 13.0 Å². The van der Waals surface area contributed by atoms with Gasteiger partial charge in [-0.05, 0) is 29.9 Å². The van der Waals surface area contributed by atoms with E-state index in [9.17, 15) is 4.39 Å². The SMILES string of the molecule is CC1(c2cc[c]c(F)c2)CC1. The van der Waals surface area contributed by atoms with E-state index in [-0.39, 0.29) is 11.2 Å². The van der Waals surface area contributed by atoms with Crippen molar-refractivity contribution in [1.82, 2.24) is 0 Å². The lowest BCUT2D eigenvalue weighted by molar-refractivity contribution is 0.618. The third kappa shape index (κ3) is 1.15. The van der Waals surface area contributed by atoms with Crippen LogP contribution in [-0.2, 0) is 5.41 Å². The molecule has 0 atom stereocenters. The Labute approximate surface area is 66.1 Å². The molecule has 0 unspecified atom stereocenters. The van der Waals surface area contributed by atoms with E-state index in [1.807, 2.05) is 6.07 Å². The maximum absolute atomic E-state index is 12.7. The van der Waals surface area contributed by atoms with E-state index in [1.165, 1.54) is 12.8 Å². The molecule has 0 amide bonds. The van der Waals surface area contributed by atoms with E-state index in [0.29, 0.717) is 0 Å². The lowest BCUT2D eigenvalue weighted by Gasteiger charge is -2.06. The number of rotatable bonds is 1. The van der Waals surface area contributed by atoms with Crippen molar-refractivity contribution in [2.45, 2.75) is 25.2 Å². The highest BCUT2D eigenvalue weighted by Gasteiger charge is 2.38. The largest absolute Gasteiger partial charge is 0.206 e.